The summed E-state index contributed by atoms with van der Waals surface area (Å²) in [6, 6.07) is 0. The zero-order chi connectivity index (χ0) is 11.9. The van der Waals surface area contributed by atoms with Crippen LogP contribution in [-0.2, 0) is 10.0 Å². The first-order chi connectivity index (χ1) is 6.56. The fraction of sp³-hybridized carbons (Fsp3) is 1.00. The second-order valence-electron chi connectivity index (χ2n) is 3.85. The normalized spacial score (nSPS) is 24.1. The standard InChI is InChI=1S/C7H12F3NO3S/c1-6(12)2-4-11(5-3-6)15(13,14)7(8,9)10/h12H,2-5H2,1H3. The fourth-order valence-electron chi connectivity index (χ4n) is 1.35. The lowest BCUT2D eigenvalue weighted by Crippen LogP contribution is -2.49. The molecule has 1 aliphatic rings. The zero-order valence-corrected chi connectivity index (χ0v) is 8.90. The van der Waals surface area contributed by atoms with E-state index < -0.39 is 21.1 Å². The lowest BCUT2D eigenvalue weighted by atomic mass is 9.95. The maximum absolute atomic E-state index is 12.1. The van der Waals surface area contributed by atoms with E-state index in [-0.39, 0.29) is 25.9 Å². The van der Waals surface area contributed by atoms with Crippen LogP contribution in [0.3, 0.4) is 0 Å². The van der Waals surface area contributed by atoms with E-state index in [4.69, 9.17) is 0 Å². The maximum atomic E-state index is 12.1. The Hall–Kier alpha value is -0.340. The number of piperidine rings is 1. The van der Waals surface area contributed by atoms with Crippen molar-refractivity contribution in [3.63, 3.8) is 0 Å². The molecule has 1 saturated heterocycles. The molecule has 0 unspecified atom stereocenters. The second kappa shape index (κ2) is 3.60. The number of sulfonamides is 1. The Morgan fingerprint density at radius 1 is 1.27 bits per heavy atom. The van der Waals surface area contributed by atoms with Crippen molar-refractivity contribution in [1.29, 1.82) is 0 Å². The molecule has 0 saturated carbocycles. The number of rotatable bonds is 1. The van der Waals surface area contributed by atoms with E-state index >= 15 is 0 Å². The van der Waals surface area contributed by atoms with Gasteiger partial charge >= 0.3 is 15.5 Å². The van der Waals surface area contributed by atoms with Crippen molar-refractivity contribution in [2.24, 2.45) is 0 Å². The molecule has 1 N–H and O–H groups in total. The van der Waals surface area contributed by atoms with Crippen LogP contribution in [0, 0.1) is 0 Å². The van der Waals surface area contributed by atoms with E-state index in [0.717, 1.165) is 0 Å². The minimum absolute atomic E-state index is 0.0162. The van der Waals surface area contributed by atoms with E-state index in [1.807, 2.05) is 0 Å². The summed E-state index contributed by atoms with van der Waals surface area (Å²) in [6.07, 6.45) is 0.0324. The van der Waals surface area contributed by atoms with Crippen molar-refractivity contribution >= 4 is 10.0 Å². The molecular formula is C7H12F3NO3S. The van der Waals surface area contributed by atoms with Crippen molar-refractivity contribution in [3.05, 3.63) is 0 Å². The third-order valence-corrected chi connectivity index (χ3v) is 4.06. The van der Waals surface area contributed by atoms with Gasteiger partial charge in [-0.25, -0.2) is 8.42 Å². The van der Waals surface area contributed by atoms with Crippen molar-refractivity contribution in [2.45, 2.75) is 30.9 Å². The fourth-order valence-corrected chi connectivity index (χ4v) is 2.31. The molecule has 4 nitrogen and oxygen atoms in total. The average Bonchev–Trinajstić information content (AvgIpc) is 2.01. The average molecular weight is 247 g/mol. The quantitative estimate of drug-likeness (QED) is 0.741. The number of alkyl halides is 3. The molecule has 8 heteroatoms. The lowest BCUT2D eigenvalue weighted by Gasteiger charge is -2.35. The maximum Gasteiger partial charge on any atom is 0.511 e. The van der Waals surface area contributed by atoms with E-state index in [9.17, 15) is 26.7 Å². The van der Waals surface area contributed by atoms with Gasteiger partial charge in [0.05, 0.1) is 5.60 Å². The molecular weight excluding hydrogens is 235 g/mol. The molecule has 90 valence electrons. The molecule has 0 amide bonds. The van der Waals surface area contributed by atoms with Gasteiger partial charge in [-0.1, -0.05) is 0 Å². The Balaban J connectivity index is 2.78. The Morgan fingerprint density at radius 2 is 1.67 bits per heavy atom. The van der Waals surface area contributed by atoms with Crippen LogP contribution < -0.4 is 0 Å². The van der Waals surface area contributed by atoms with E-state index in [1.165, 1.54) is 6.92 Å². The summed E-state index contributed by atoms with van der Waals surface area (Å²) in [5.74, 6) is 0. The van der Waals surface area contributed by atoms with Gasteiger partial charge in [0.1, 0.15) is 0 Å². The Labute approximate surface area is 85.7 Å². The molecule has 1 rings (SSSR count). The van der Waals surface area contributed by atoms with E-state index in [1.54, 1.807) is 0 Å². The third kappa shape index (κ3) is 2.61. The summed E-state index contributed by atoms with van der Waals surface area (Å²) < 4.78 is 58.6. The minimum Gasteiger partial charge on any atom is -0.390 e. The molecule has 0 aromatic carbocycles. The molecule has 0 aromatic rings. The number of nitrogens with zero attached hydrogens (tertiary/aromatic N) is 1. The van der Waals surface area contributed by atoms with Gasteiger partial charge in [-0.15, -0.1) is 0 Å². The number of aliphatic hydroxyl groups is 1. The van der Waals surface area contributed by atoms with Crippen LogP contribution in [-0.4, -0.2) is 42.0 Å². The van der Waals surface area contributed by atoms with Gasteiger partial charge in [0, 0.05) is 13.1 Å². The largest absolute Gasteiger partial charge is 0.511 e. The monoisotopic (exact) mass is 247 g/mol. The molecule has 1 fully saturated rings. The molecule has 0 aliphatic carbocycles. The molecule has 0 spiro atoms. The van der Waals surface area contributed by atoms with Gasteiger partial charge in [0.2, 0.25) is 0 Å². The van der Waals surface area contributed by atoms with Crippen LogP contribution in [0.25, 0.3) is 0 Å². The van der Waals surface area contributed by atoms with Gasteiger partial charge < -0.3 is 5.11 Å². The SMILES string of the molecule is CC1(O)CCN(S(=O)(=O)C(F)(F)F)CC1. The molecule has 0 atom stereocenters. The first-order valence-electron chi connectivity index (χ1n) is 4.35. The lowest BCUT2D eigenvalue weighted by molar-refractivity contribution is -0.0531. The summed E-state index contributed by atoms with van der Waals surface area (Å²) in [5, 5.41) is 9.46. The van der Waals surface area contributed by atoms with Gasteiger partial charge in [0.15, 0.2) is 0 Å². The van der Waals surface area contributed by atoms with Crippen molar-refractivity contribution in [3.8, 4) is 0 Å². The predicted molar refractivity (Wildman–Crippen MR) is 46.4 cm³/mol. The highest BCUT2D eigenvalue weighted by Crippen LogP contribution is 2.31. The topological polar surface area (TPSA) is 57.6 Å². The van der Waals surface area contributed by atoms with Crippen LogP contribution in [0.2, 0.25) is 0 Å². The van der Waals surface area contributed by atoms with Crippen molar-refractivity contribution in [2.75, 3.05) is 13.1 Å². The zero-order valence-electron chi connectivity index (χ0n) is 8.08. The summed E-state index contributed by atoms with van der Waals surface area (Å²) in [5.41, 5.74) is -6.33. The van der Waals surface area contributed by atoms with E-state index in [0.29, 0.717) is 4.31 Å². The first-order valence-corrected chi connectivity index (χ1v) is 5.79. The number of halogens is 3. The highest BCUT2D eigenvalue weighted by Gasteiger charge is 2.51. The molecule has 1 aliphatic heterocycles. The van der Waals surface area contributed by atoms with Crippen LogP contribution in [0.1, 0.15) is 19.8 Å². The molecule has 15 heavy (non-hydrogen) atoms. The van der Waals surface area contributed by atoms with Gasteiger partial charge in [-0.05, 0) is 19.8 Å². The summed E-state index contributed by atoms with van der Waals surface area (Å²) in [4.78, 5) is 0. The highest BCUT2D eigenvalue weighted by atomic mass is 32.2. The minimum atomic E-state index is -5.25. The first kappa shape index (κ1) is 12.7. The van der Waals surface area contributed by atoms with Crippen LogP contribution in [0.5, 0.6) is 0 Å². The number of hydrogen-bond acceptors (Lipinski definition) is 3. The van der Waals surface area contributed by atoms with Gasteiger partial charge in [-0.2, -0.15) is 17.5 Å². The van der Waals surface area contributed by atoms with E-state index in [2.05, 4.69) is 0 Å². The van der Waals surface area contributed by atoms with Gasteiger partial charge in [0.25, 0.3) is 0 Å². The molecule has 0 aromatic heterocycles. The van der Waals surface area contributed by atoms with Gasteiger partial charge in [-0.3, -0.25) is 0 Å². The van der Waals surface area contributed by atoms with Crippen LogP contribution in [0.15, 0.2) is 0 Å². The Bertz CT molecular complexity index is 326. The Kier molecular flexibility index (Phi) is 3.05. The summed E-state index contributed by atoms with van der Waals surface area (Å²) in [7, 11) is -5.23. The number of hydrogen-bond donors (Lipinski definition) is 1. The van der Waals surface area contributed by atoms with Crippen molar-refractivity contribution < 1.29 is 26.7 Å². The van der Waals surface area contributed by atoms with Crippen LogP contribution >= 0.6 is 0 Å². The molecule has 1 heterocycles. The smallest absolute Gasteiger partial charge is 0.390 e. The Morgan fingerprint density at radius 3 is 2.00 bits per heavy atom. The summed E-state index contributed by atoms with van der Waals surface area (Å²) in [6.45, 7) is 0.883. The van der Waals surface area contributed by atoms with Crippen LogP contribution in [0.4, 0.5) is 13.2 Å². The second-order valence-corrected chi connectivity index (χ2v) is 5.78. The van der Waals surface area contributed by atoms with Crippen molar-refractivity contribution in [1.82, 2.24) is 4.31 Å². The highest BCUT2D eigenvalue weighted by molar-refractivity contribution is 7.90. The molecule has 0 radical (unpaired) electrons. The predicted octanol–water partition coefficient (Wildman–Crippen LogP) is 0.683. The third-order valence-electron chi connectivity index (χ3n) is 2.43. The summed E-state index contributed by atoms with van der Waals surface area (Å²) >= 11 is 0. The molecule has 0 bridgehead atoms.